The van der Waals surface area contributed by atoms with Crippen molar-refractivity contribution in [3.63, 3.8) is 0 Å². The Balaban J connectivity index is 2.41. The van der Waals surface area contributed by atoms with Gasteiger partial charge >= 0.3 is 5.97 Å². The minimum absolute atomic E-state index is 0.210. The third-order valence-corrected chi connectivity index (χ3v) is 4.16. The molecule has 142 valence electrons. The molecule has 0 bridgehead atoms. The monoisotopic (exact) mass is 409 g/mol. The summed E-state index contributed by atoms with van der Waals surface area (Å²) in [5, 5.41) is 13.5. The summed E-state index contributed by atoms with van der Waals surface area (Å²) >= 11 is 12.4. The lowest BCUT2D eigenvalue weighted by molar-refractivity contribution is -0.147. The minimum Gasteiger partial charge on any atom is -0.477 e. The van der Waals surface area contributed by atoms with Gasteiger partial charge in [-0.3, -0.25) is 0 Å². The maximum Gasteiger partial charge on any atom is 0.346 e. The van der Waals surface area contributed by atoms with E-state index in [1.807, 2.05) is 6.07 Å². The van der Waals surface area contributed by atoms with Gasteiger partial charge in [-0.2, -0.15) is 10.4 Å². The number of nitrogens with zero attached hydrogens (tertiary/aromatic N) is 3. The smallest absolute Gasteiger partial charge is 0.346 e. The number of esters is 1. The van der Waals surface area contributed by atoms with Crippen molar-refractivity contribution in [3.8, 4) is 23.4 Å². The van der Waals surface area contributed by atoms with E-state index >= 15 is 0 Å². The Morgan fingerprint density at radius 3 is 2.63 bits per heavy atom. The van der Waals surface area contributed by atoms with Gasteiger partial charge in [0.05, 0.1) is 34.5 Å². The van der Waals surface area contributed by atoms with E-state index in [1.54, 1.807) is 20.0 Å². The minimum atomic E-state index is -0.866. The maximum atomic E-state index is 11.6. The molecule has 0 radical (unpaired) electrons. The molecule has 0 aliphatic heterocycles. The van der Waals surface area contributed by atoms with E-state index in [4.69, 9.17) is 37.9 Å². The molecule has 0 saturated carbocycles. The van der Waals surface area contributed by atoms with E-state index in [0.29, 0.717) is 17.1 Å². The summed E-state index contributed by atoms with van der Waals surface area (Å²) in [6.07, 6.45) is 2.06. The number of aromatic nitrogens is 2. The van der Waals surface area contributed by atoms with Crippen molar-refractivity contribution in [2.24, 2.45) is 7.05 Å². The number of aryl methyl sites for hydroxylation is 2. The van der Waals surface area contributed by atoms with Crippen molar-refractivity contribution in [2.45, 2.75) is 20.0 Å². The van der Waals surface area contributed by atoms with Crippen LogP contribution in [0.25, 0.3) is 6.08 Å². The number of hydrogen-bond donors (Lipinski definition) is 0. The number of benzene rings is 1. The molecule has 0 saturated heterocycles. The third-order valence-electron chi connectivity index (χ3n) is 3.57. The van der Waals surface area contributed by atoms with Crippen LogP contribution in [0, 0.1) is 18.3 Å². The van der Waals surface area contributed by atoms with Crippen molar-refractivity contribution < 1.29 is 19.0 Å². The zero-order valence-corrected chi connectivity index (χ0v) is 16.6. The molecule has 27 heavy (non-hydrogen) atoms. The Bertz CT molecular complexity index is 932. The lowest BCUT2D eigenvalue weighted by Gasteiger charge is -2.16. The van der Waals surface area contributed by atoms with Crippen molar-refractivity contribution in [2.75, 3.05) is 7.11 Å². The van der Waals surface area contributed by atoms with Crippen LogP contribution >= 0.6 is 23.2 Å². The molecule has 1 aromatic heterocycles. The second-order valence-corrected chi connectivity index (χ2v) is 6.30. The molecule has 7 nitrogen and oxygen atoms in total. The quantitative estimate of drug-likeness (QED) is 0.521. The first-order valence-electron chi connectivity index (χ1n) is 7.79. The van der Waals surface area contributed by atoms with Crippen LogP contribution in [0.2, 0.25) is 10.0 Å². The van der Waals surface area contributed by atoms with E-state index in [9.17, 15) is 4.79 Å². The van der Waals surface area contributed by atoms with Crippen LogP contribution in [0.5, 0.6) is 17.4 Å². The Morgan fingerprint density at radius 2 is 2.00 bits per heavy atom. The van der Waals surface area contributed by atoms with Crippen LogP contribution in [-0.2, 0) is 16.6 Å². The fraction of sp³-hybridized carbons (Fsp3) is 0.278. The largest absolute Gasteiger partial charge is 0.477 e. The number of ether oxygens (including phenoxy) is 3. The van der Waals surface area contributed by atoms with Crippen LogP contribution in [0.15, 0.2) is 18.2 Å². The maximum absolute atomic E-state index is 11.6. The van der Waals surface area contributed by atoms with E-state index < -0.39 is 12.1 Å². The molecule has 0 unspecified atom stereocenters. The summed E-state index contributed by atoms with van der Waals surface area (Å²) in [6, 6.07) is 4.86. The van der Waals surface area contributed by atoms with Gasteiger partial charge in [-0.25, -0.2) is 9.48 Å². The molecule has 0 spiro atoms. The van der Waals surface area contributed by atoms with Crippen LogP contribution in [0.3, 0.4) is 0 Å². The van der Waals surface area contributed by atoms with Crippen LogP contribution in [0.1, 0.15) is 18.2 Å². The van der Waals surface area contributed by atoms with E-state index in [2.05, 4.69) is 9.84 Å². The molecule has 0 N–H and O–H groups in total. The summed E-state index contributed by atoms with van der Waals surface area (Å²) in [5.41, 5.74) is 1.32. The summed E-state index contributed by atoms with van der Waals surface area (Å²) in [7, 11) is 2.97. The van der Waals surface area contributed by atoms with Gasteiger partial charge in [0.25, 0.3) is 0 Å². The number of hydrogen-bond acceptors (Lipinski definition) is 6. The molecule has 9 heteroatoms. The first-order chi connectivity index (χ1) is 12.8. The van der Waals surface area contributed by atoms with Crippen LogP contribution in [0.4, 0.5) is 0 Å². The van der Waals surface area contributed by atoms with Crippen molar-refractivity contribution in [1.29, 1.82) is 5.26 Å². The van der Waals surface area contributed by atoms with Crippen molar-refractivity contribution in [3.05, 3.63) is 39.5 Å². The van der Waals surface area contributed by atoms with Crippen LogP contribution < -0.4 is 9.47 Å². The first kappa shape index (κ1) is 20.6. The number of nitriles is 1. The molecule has 0 amide bonds. The van der Waals surface area contributed by atoms with Gasteiger partial charge in [-0.15, -0.1) is 0 Å². The van der Waals surface area contributed by atoms with Gasteiger partial charge in [0.1, 0.15) is 5.75 Å². The average molecular weight is 410 g/mol. The summed E-state index contributed by atoms with van der Waals surface area (Å²) in [6.45, 7) is 3.33. The molecule has 0 aliphatic rings. The molecule has 0 fully saturated rings. The number of methoxy groups -OCH3 is 1. The molecule has 2 aromatic rings. The number of carbonyl (C=O) groups excluding carboxylic acids is 1. The lowest BCUT2D eigenvalue weighted by Crippen LogP contribution is -2.25. The Kier molecular flexibility index (Phi) is 6.72. The predicted molar refractivity (Wildman–Crippen MR) is 101 cm³/mol. The number of carbonyl (C=O) groups is 1. The van der Waals surface area contributed by atoms with Crippen LogP contribution in [-0.4, -0.2) is 29.0 Å². The fourth-order valence-corrected chi connectivity index (χ4v) is 2.74. The van der Waals surface area contributed by atoms with Crippen molar-refractivity contribution >= 4 is 35.2 Å². The highest BCUT2D eigenvalue weighted by atomic mass is 35.5. The van der Waals surface area contributed by atoms with Gasteiger partial charge < -0.3 is 14.2 Å². The van der Waals surface area contributed by atoms with Gasteiger partial charge in [0.15, 0.2) is 11.9 Å². The molecule has 1 heterocycles. The summed E-state index contributed by atoms with van der Waals surface area (Å²) in [4.78, 5) is 11.6. The molecular weight excluding hydrogens is 393 g/mol. The van der Waals surface area contributed by atoms with E-state index in [-0.39, 0.29) is 21.5 Å². The Labute approximate surface area is 166 Å². The number of rotatable bonds is 6. The Hall–Kier alpha value is -2.69. The Morgan fingerprint density at radius 1 is 1.33 bits per heavy atom. The van der Waals surface area contributed by atoms with Gasteiger partial charge in [0, 0.05) is 19.2 Å². The zero-order chi connectivity index (χ0) is 20.1. The standard InChI is InChI=1S/C18H17Cl2N3O4/c1-10-12(6-5-7-21)17(23(3)22-10)27-16-9-15(13(19)8-14(16)20)26-11(2)18(24)25-4/h5-6,8-9,11H,1-4H3/b6-5+/t11-/m0/s1. The predicted octanol–water partition coefficient (Wildman–Crippen LogP) is 4.30. The first-order valence-corrected chi connectivity index (χ1v) is 8.55. The highest BCUT2D eigenvalue weighted by molar-refractivity contribution is 6.36. The lowest BCUT2D eigenvalue weighted by atomic mass is 10.2. The highest BCUT2D eigenvalue weighted by Gasteiger charge is 2.20. The van der Waals surface area contributed by atoms with E-state index in [0.717, 1.165) is 0 Å². The second kappa shape index (κ2) is 8.80. The number of allylic oxidation sites excluding steroid dienone is 1. The summed E-state index contributed by atoms with van der Waals surface area (Å²) < 4.78 is 17.6. The third kappa shape index (κ3) is 4.73. The SMILES string of the molecule is COC(=O)[C@H](C)Oc1cc(Oc2c(/C=C/C#N)c(C)nn2C)c(Cl)cc1Cl. The fourth-order valence-electron chi connectivity index (χ4n) is 2.27. The highest BCUT2D eigenvalue weighted by Crippen LogP contribution is 2.39. The molecule has 1 aromatic carbocycles. The normalized spacial score (nSPS) is 11.9. The second-order valence-electron chi connectivity index (χ2n) is 5.49. The molecule has 1 atom stereocenters. The zero-order valence-electron chi connectivity index (χ0n) is 15.1. The van der Waals surface area contributed by atoms with E-state index in [1.165, 1.54) is 36.9 Å². The van der Waals surface area contributed by atoms with Crippen molar-refractivity contribution in [1.82, 2.24) is 9.78 Å². The van der Waals surface area contributed by atoms with Gasteiger partial charge in [-0.1, -0.05) is 23.2 Å². The average Bonchev–Trinajstić information content (AvgIpc) is 2.89. The summed E-state index contributed by atoms with van der Waals surface area (Å²) in [5.74, 6) is 0.301. The molecule has 0 aliphatic carbocycles. The number of halogens is 2. The molecular formula is C18H17Cl2N3O4. The van der Waals surface area contributed by atoms with Gasteiger partial charge in [0.2, 0.25) is 5.88 Å². The topological polar surface area (TPSA) is 86.4 Å². The van der Waals surface area contributed by atoms with Gasteiger partial charge in [-0.05, 0) is 26.0 Å². The molecule has 2 rings (SSSR count).